The Bertz CT molecular complexity index is 1230. The molecule has 0 saturated carbocycles. The summed E-state index contributed by atoms with van der Waals surface area (Å²) in [5.74, 6) is -3.10. The largest absolute Gasteiger partial charge is 0.477 e. The highest BCUT2D eigenvalue weighted by molar-refractivity contribution is 6.34. The lowest BCUT2D eigenvalue weighted by Crippen LogP contribution is -2.49. The third kappa shape index (κ3) is 3.53. The Balaban J connectivity index is 2.03. The number of carboxylic acid groups (broad SMARTS) is 1. The van der Waals surface area contributed by atoms with Gasteiger partial charge in [-0.15, -0.1) is 0 Å². The number of rotatable bonds is 3. The molecule has 1 saturated heterocycles. The van der Waals surface area contributed by atoms with Crippen molar-refractivity contribution in [1.82, 2.24) is 9.88 Å². The number of halogens is 3. The van der Waals surface area contributed by atoms with Gasteiger partial charge in [0.2, 0.25) is 5.43 Å². The Kier molecular flexibility index (Phi) is 5.21. The first-order valence-electron chi connectivity index (χ1n) is 9.32. The molecule has 1 fully saturated rings. The number of pyridine rings is 1. The summed E-state index contributed by atoms with van der Waals surface area (Å²) in [4.78, 5) is 26.4. The molecular formula is C21H18ClF2N3O3. The van der Waals surface area contributed by atoms with Crippen molar-refractivity contribution in [2.24, 2.45) is 0 Å². The predicted octanol–water partition coefficient (Wildman–Crippen LogP) is 3.42. The van der Waals surface area contributed by atoms with E-state index in [1.165, 1.54) is 16.7 Å². The zero-order valence-electron chi connectivity index (χ0n) is 16.0. The third-order valence-electron chi connectivity index (χ3n) is 5.18. The van der Waals surface area contributed by atoms with Gasteiger partial charge >= 0.3 is 5.97 Å². The van der Waals surface area contributed by atoms with Gasteiger partial charge in [-0.25, -0.2) is 13.6 Å². The SMILES string of the molecule is CC1CN(c2cc3c(cc2Cl)c(=O)c(C(=O)O)cn3-c2ccc(F)cc2F)CCN1. The van der Waals surface area contributed by atoms with E-state index in [9.17, 15) is 23.5 Å². The van der Waals surface area contributed by atoms with Crippen molar-refractivity contribution in [3.05, 3.63) is 69.0 Å². The predicted molar refractivity (Wildman–Crippen MR) is 111 cm³/mol. The molecule has 2 N–H and O–H groups in total. The van der Waals surface area contributed by atoms with E-state index in [0.29, 0.717) is 29.9 Å². The number of hydrogen-bond acceptors (Lipinski definition) is 4. The smallest absolute Gasteiger partial charge is 0.341 e. The minimum atomic E-state index is -1.45. The van der Waals surface area contributed by atoms with Gasteiger partial charge in [-0.2, -0.15) is 0 Å². The summed E-state index contributed by atoms with van der Waals surface area (Å²) in [6, 6.07) is 6.24. The first-order valence-corrected chi connectivity index (χ1v) is 9.70. The van der Waals surface area contributed by atoms with Crippen molar-refractivity contribution in [2.45, 2.75) is 13.0 Å². The second kappa shape index (κ2) is 7.70. The number of piperazine rings is 1. The molecule has 4 rings (SSSR count). The molecule has 0 radical (unpaired) electrons. The summed E-state index contributed by atoms with van der Waals surface area (Å²) in [5, 5.41) is 13.1. The molecule has 0 spiro atoms. The molecule has 1 aromatic heterocycles. The summed E-state index contributed by atoms with van der Waals surface area (Å²) in [6.07, 6.45) is 1.06. The number of carboxylic acids is 1. The van der Waals surface area contributed by atoms with Crippen molar-refractivity contribution >= 4 is 34.2 Å². The zero-order valence-corrected chi connectivity index (χ0v) is 16.7. The second-order valence-electron chi connectivity index (χ2n) is 7.26. The summed E-state index contributed by atoms with van der Waals surface area (Å²) in [6.45, 7) is 4.13. The second-order valence-corrected chi connectivity index (χ2v) is 7.67. The van der Waals surface area contributed by atoms with Crippen LogP contribution in [-0.4, -0.2) is 41.3 Å². The van der Waals surface area contributed by atoms with Crippen molar-refractivity contribution in [3.8, 4) is 5.69 Å². The average Bonchev–Trinajstić information content (AvgIpc) is 2.68. The minimum Gasteiger partial charge on any atom is -0.477 e. The summed E-state index contributed by atoms with van der Waals surface area (Å²) < 4.78 is 29.2. The van der Waals surface area contributed by atoms with Crippen LogP contribution in [0.25, 0.3) is 16.6 Å². The Morgan fingerprint density at radius 1 is 1.23 bits per heavy atom. The standard InChI is InChI=1S/C21H18ClF2N3O3/c1-11-9-26(5-4-25-11)19-8-18-13(7-15(19)22)20(28)14(21(29)30)10-27(18)17-3-2-12(23)6-16(17)24/h2-3,6-8,10-11,25H,4-5,9H2,1H3,(H,29,30). The molecule has 0 aliphatic carbocycles. The molecule has 1 aliphatic rings. The molecule has 30 heavy (non-hydrogen) atoms. The number of fused-ring (bicyclic) bond motifs is 1. The van der Waals surface area contributed by atoms with Crippen LogP contribution in [0, 0.1) is 11.6 Å². The maximum absolute atomic E-state index is 14.6. The van der Waals surface area contributed by atoms with Crippen LogP contribution in [0.2, 0.25) is 5.02 Å². The molecule has 3 aromatic rings. The quantitative estimate of drug-likeness (QED) is 0.662. The molecule has 2 aromatic carbocycles. The molecule has 0 amide bonds. The number of nitrogens with one attached hydrogen (secondary N) is 1. The topological polar surface area (TPSA) is 74.6 Å². The number of carbonyl (C=O) groups is 1. The molecule has 6 nitrogen and oxygen atoms in total. The lowest BCUT2D eigenvalue weighted by Gasteiger charge is -2.34. The number of aromatic carboxylic acids is 1. The Morgan fingerprint density at radius 3 is 2.67 bits per heavy atom. The van der Waals surface area contributed by atoms with Gasteiger partial charge in [-0.3, -0.25) is 4.79 Å². The van der Waals surface area contributed by atoms with E-state index in [4.69, 9.17) is 11.6 Å². The van der Waals surface area contributed by atoms with E-state index in [-0.39, 0.29) is 22.6 Å². The van der Waals surface area contributed by atoms with Gasteiger partial charge in [0, 0.05) is 43.3 Å². The fourth-order valence-corrected chi connectivity index (χ4v) is 4.04. The van der Waals surface area contributed by atoms with Gasteiger partial charge in [-0.05, 0) is 31.2 Å². The highest BCUT2D eigenvalue weighted by Gasteiger charge is 2.22. The number of nitrogens with zero attached hydrogens (tertiary/aromatic N) is 2. The first-order chi connectivity index (χ1) is 14.3. The van der Waals surface area contributed by atoms with Crippen LogP contribution in [0.15, 0.2) is 41.3 Å². The van der Waals surface area contributed by atoms with Gasteiger partial charge in [-0.1, -0.05) is 11.6 Å². The zero-order chi connectivity index (χ0) is 21.6. The van der Waals surface area contributed by atoms with Gasteiger partial charge in [0.1, 0.15) is 17.2 Å². The fraction of sp³-hybridized carbons (Fsp3) is 0.238. The number of anilines is 1. The molecule has 156 valence electrons. The minimum absolute atomic E-state index is 0.0376. The molecule has 1 atom stereocenters. The van der Waals surface area contributed by atoms with Gasteiger partial charge in [0.25, 0.3) is 0 Å². The molecule has 1 unspecified atom stereocenters. The highest BCUT2D eigenvalue weighted by atomic mass is 35.5. The van der Waals surface area contributed by atoms with Crippen LogP contribution in [0.3, 0.4) is 0 Å². The number of benzene rings is 2. The number of aromatic nitrogens is 1. The van der Waals surface area contributed by atoms with E-state index < -0.39 is 28.6 Å². The van der Waals surface area contributed by atoms with Crippen LogP contribution in [0.5, 0.6) is 0 Å². The summed E-state index contributed by atoms with van der Waals surface area (Å²) in [7, 11) is 0. The van der Waals surface area contributed by atoms with Crippen molar-refractivity contribution < 1.29 is 18.7 Å². The van der Waals surface area contributed by atoms with Gasteiger partial charge < -0.3 is 19.9 Å². The van der Waals surface area contributed by atoms with Crippen LogP contribution in [0.1, 0.15) is 17.3 Å². The van der Waals surface area contributed by atoms with Crippen LogP contribution < -0.4 is 15.6 Å². The van der Waals surface area contributed by atoms with E-state index in [1.807, 2.05) is 11.8 Å². The number of hydrogen-bond donors (Lipinski definition) is 2. The Hall–Kier alpha value is -2.97. The monoisotopic (exact) mass is 433 g/mol. The lowest BCUT2D eigenvalue weighted by atomic mass is 10.1. The molecule has 9 heteroatoms. The maximum atomic E-state index is 14.6. The maximum Gasteiger partial charge on any atom is 0.341 e. The summed E-state index contributed by atoms with van der Waals surface area (Å²) in [5.41, 5.74) is -0.410. The lowest BCUT2D eigenvalue weighted by molar-refractivity contribution is 0.0695. The molecule has 2 heterocycles. The van der Waals surface area contributed by atoms with Crippen LogP contribution in [-0.2, 0) is 0 Å². The Morgan fingerprint density at radius 2 is 2.00 bits per heavy atom. The molecule has 1 aliphatic heterocycles. The average molecular weight is 434 g/mol. The van der Waals surface area contributed by atoms with Crippen LogP contribution >= 0.6 is 11.6 Å². The van der Waals surface area contributed by atoms with E-state index in [1.54, 1.807) is 6.07 Å². The normalized spacial score (nSPS) is 16.8. The first kappa shape index (κ1) is 20.3. The third-order valence-corrected chi connectivity index (χ3v) is 5.48. The molecular weight excluding hydrogens is 416 g/mol. The summed E-state index contributed by atoms with van der Waals surface area (Å²) >= 11 is 6.46. The van der Waals surface area contributed by atoms with E-state index in [0.717, 1.165) is 18.8 Å². The van der Waals surface area contributed by atoms with Crippen LogP contribution in [0.4, 0.5) is 14.5 Å². The molecule has 0 bridgehead atoms. The van der Waals surface area contributed by atoms with E-state index in [2.05, 4.69) is 5.32 Å². The van der Waals surface area contributed by atoms with Crippen molar-refractivity contribution in [3.63, 3.8) is 0 Å². The van der Waals surface area contributed by atoms with Crippen molar-refractivity contribution in [1.29, 1.82) is 0 Å². The van der Waals surface area contributed by atoms with Gasteiger partial charge in [0.05, 0.1) is 21.9 Å². The van der Waals surface area contributed by atoms with Gasteiger partial charge in [0.15, 0.2) is 0 Å². The highest BCUT2D eigenvalue weighted by Crippen LogP contribution is 2.32. The Labute approximate surface area is 175 Å². The van der Waals surface area contributed by atoms with Crippen molar-refractivity contribution in [2.75, 3.05) is 24.5 Å². The fourth-order valence-electron chi connectivity index (χ4n) is 3.76. The van der Waals surface area contributed by atoms with E-state index >= 15 is 0 Å².